The van der Waals surface area contributed by atoms with E-state index in [0.29, 0.717) is 10.8 Å². The Bertz CT molecular complexity index is 587. The first-order valence-electron chi connectivity index (χ1n) is 6.15. The van der Waals surface area contributed by atoms with Crippen LogP contribution in [0.15, 0.2) is 28.7 Å². The zero-order valence-electron chi connectivity index (χ0n) is 10.9. The molecule has 0 bridgehead atoms. The number of rotatable bonds is 4. The van der Waals surface area contributed by atoms with Crippen molar-refractivity contribution >= 4 is 33.3 Å². The van der Waals surface area contributed by atoms with Gasteiger partial charge < -0.3 is 5.32 Å². The number of nitrogens with zero attached hydrogens (tertiary/aromatic N) is 2. The van der Waals surface area contributed by atoms with Crippen molar-refractivity contribution in [3.63, 3.8) is 0 Å². The normalized spacial score (nSPS) is 10.5. The van der Waals surface area contributed by atoms with E-state index in [1.165, 1.54) is 0 Å². The molecule has 1 aromatic carbocycles. The van der Waals surface area contributed by atoms with Crippen molar-refractivity contribution in [2.24, 2.45) is 0 Å². The van der Waals surface area contributed by atoms with Crippen LogP contribution in [0, 0.1) is 6.92 Å². The summed E-state index contributed by atoms with van der Waals surface area (Å²) in [5.41, 5.74) is 1.83. The molecule has 0 saturated carbocycles. The summed E-state index contributed by atoms with van der Waals surface area (Å²) in [6, 6.07) is 7.57. The predicted molar refractivity (Wildman–Crippen MR) is 83.7 cm³/mol. The molecule has 2 rings (SSSR count). The van der Waals surface area contributed by atoms with Crippen molar-refractivity contribution in [3.05, 3.63) is 39.5 Å². The maximum absolute atomic E-state index is 6.01. The molecular formula is C14H15BrClN3. The first-order valence-corrected chi connectivity index (χ1v) is 7.33. The minimum atomic E-state index is 0.682. The van der Waals surface area contributed by atoms with E-state index in [2.05, 4.69) is 38.1 Å². The van der Waals surface area contributed by atoms with Crippen LogP contribution in [0.4, 0.5) is 5.82 Å². The first-order chi connectivity index (χ1) is 9.11. The second kappa shape index (κ2) is 6.35. The van der Waals surface area contributed by atoms with Gasteiger partial charge in [-0.2, -0.15) is 0 Å². The lowest BCUT2D eigenvalue weighted by molar-refractivity contribution is 0.958. The molecule has 3 nitrogen and oxygen atoms in total. The summed E-state index contributed by atoms with van der Waals surface area (Å²) in [4.78, 5) is 9.05. The van der Waals surface area contributed by atoms with Crippen LogP contribution in [0.2, 0.25) is 5.02 Å². The van der Waals surface area contributed by atoms with Gasteiger partial charge in [-0.3, -0.25) is 0 Å². The summed E-state index contributed by atoms with van der Waals surface area (Å²) >= 11 is 9.53. The molecular weight excluding hydrogens is 326 g/mol. The molecule has 0 amide bonds. The molecule has 0 unspecified atom stereocenters. The molecule has 19 heavy (non-hydrogen) atoms. The third kappa shape index (κ3) is 3.45. The zero-order chi connectivity index (χ0) is 13.8. The maximum atomic E-state index is 6.01. The minimum absolute atomic E-state index is 0.682. The average Bonchev–Trinajstić information content (AvgIpc) is 2.40. The standard InChI is InChI=1S/C14H15BrClN3/c1-3-7-17-14-12(15)9(2)18-13(19-14)10-5-4-6-11(16)8-10/h4-6,8H,3,7H2,1-2H3,(H,17,18,19). The topological polar surface area (TPSA) is 37.8 Å². The predicted octanol–water partition coefficient (Wildman–Crippen LogP) is 4.69. The van der Waals surface area contributed by atoms with Gasteiger partial charge in [0.15, 0.2) is 5.82 Å². The molecule has 5 heteroatoms. The van der Waals surface area contributed by atoms with Crippen LogP contribution in [0.5, 0.6) is 0 Å². The molecule has 0 radical (unpaired) electrons. The Morgan fingerprint density at radius 3 is 2.79 bits per heavy atom. The van der Waals surface area contributed by atoms with Gasteiger partial charge in [-0.25, -0.2) is 9.97 Å². The van der Waals surface area contributed by atoms with Crippen LogP contribution >= 0.6 is 27.5 Å². The number of nitrogens with one attached hydrogen (secondary N) is 1. The van der Waals surface area contributed by atoms with Crippen molar-refractivity contribution in [2.45, 2.75) is 20.3 Å². The fraction of sp³-hybridized carbons (Fsp3) is 0.286. The van der Waals surface area contributed by atoms with E-state index in [-0.39, 0.29) is 0 Å². The second-order valence-electron chi connectivity index (χ2n) is 4.23. The molecule has 0 atom stereocenters. The van der Waals surface area contributed by atoms with Gasteiger partial charge in [0, 0.05) is 17.1 Å². The van der Waals surface area contributed by atoms with Crippen LogP contribution in [0.1, 0.15) is 19.0 Å². The van der Waals surface area contributed by atoms with Crippen molar-refractivity contribution in [1.82, 2.24) is 9.97 Å². The van der Waals surface area contributed by atoms with Crippen molar-refractivity contribution < 1.29 is 0 Å². The largest absolute Gasteiger partial charge is 0.369 e. The molecule has 0 aliphatic carbocycles. The van der Waals surface area contributed by atoms with Gasteiger partial charge in [0.05, 0.1) is 10.2 Å². The van der Waals surface area contributed by atoms with Crippen LogP contribution in [-0.2, 0) is 0 Å². The van der Waals surface area contributed by atoms with Crippen molar-refractivity contribution in [1.29, 1.82) is 0 Å². The SMILES string of the molecule is CCCNc1nc(-c2cccc(Cl)c2)nc(C)c1Br. The Morgan fingerprint density at radius 1 is 1.32 bits per heavy atom. The highest BCUT2D eigenvalue weighted by molar-refractivity contribution is 9.10. The fourth-order valence-electron chi connectivity index (χ4n) is 1.68. The summed E-state index contributed by atoms with van der Waals surface area (Å²) in [7, 11) is 0. The summed E-state index contributed by atoms with van der Waals surface area (Å²) in [6.45, 7) is 4.95. The molecule has 100 valence electrons. The monoisotopic (exact) mass is 339 g/mol. The second-order valence-corrected chi connectivity index (χ2v) is 5.46. The molecule has 1 heterocycles. The first kappa shape index (κ1) is 14.3. The molecule has 1 N–H and O–H groups in total. The van der Waals surface area contributed by atoms with Gasteiger partial charge in [-0.15, -0.1) is 0 Å². The number of aryl methyl sites for hydroxylation is 1. The Hall–Kier alpha value is -1.13. The van der Waals surface area contributed by atoms with Crippen LogP contribution in [0.3, 0.4) is 0 Å². The Kier molecular flexibility index (Phi) is 4.77. The van der Waals surface area contributed by atoms with Gasteiger partial charge in [0.25, 0.3) is 0 Å². The third-order valence-corrected chi connectivity index (χ3v) is 3.83. The minimum Gasteiger partial charge on any atom is -0.369 e. The summed E-state index contributed by atoms with van der Waals surface area (Å²) in [5.74, 6) is 1.51. The number of hydrogen-bond donors (Lipinski definition) is 1. The summed E-state index contributed by atoms with van der Waals surface area (Å²) in [5, 5.41) is 3.98. The van der Waals surface area contributed by atoms with Crippen LogP contribution < -0.4 is 5.32 Å². The van der Waals surface area contributed by atoms with E-state index in [1.54, 1.807) is 0 Å². The van der Waals surface area contributed by atoms with E-state index in [4.69, 9.17) is 11.6 Å². The molecule has 1 aromatic heterocycles. The molecule has 0 aliphatic rings. The van der Waals surface area contributed by atoms with E-state index in [0.717, 1.165) is 34.5 Å². The van der Waals surface area contributed by atoms with Crippen LogP contribution in [-0.4, -0.2) is 16.5 Å². The highest BCUT2D eigenvalue weighted by Gasteiger charge is 2.10. The van der Waals surface area contributed by atoms with Gasteiger partial charge in [-0.05, 0) is 41.4 Å². The zero-order valence-corrected chi connectivity index (χ0v) is 13.2. The number of benzene rings is 1. The smallest absolute Gasteiger partial charge is 0.161 e. The van der Waals surface area contributed by atoms with Gasteiger partial charge >= 0.3 is 0 Å². The Morgan fingerprint density at radius 2 is 2.11 bits per heavy atom. The lowest BCUT2D eigenvalue weighted by atomic mass is 10.2. The molecule has 0 saturated heterocycles. The highest BCUT2D eigenvalue weighted by Crippen LogP contribution is 2.27. The van der Waals surface area contributed by atoms with Gasteiger partial charge in [0.1, 0.15) is 5.82 Å². The molecule has 0 fully saturated rings. The number of halogens is 2. The van der Waals surface area contributed by atoms with E-state index >= 15 is 0 Å². The number of anilines is 1. The van der Waals surface area contributed by atoms with Gasteiger partial charge in [0.2, 0.25) is 0 Å². The quantitative estimate of drug-likeness (QED) is 0.877. The Balaban J connectivity index is 2.44. The number of hydrogen-bond acceptors (Lipinski definition) is 3. The molecule has 2 aromatic rings. The van der Waals surface area contributed by atoms with Crippen LogP contribution in [0.25, 0.3) is 11.4 Å². The highest BCUT2D eigenvalue weighted by atomic mass is 79.9. The van der Waals surface area contributed by atoms with Gasteiger partial charge in [-0.1, -0.05) is 30.7 Å². The average molecular weight is 341 g/mol. The van der Waals surface area contributed by atoms with E-state index in [9.17, 15) is 0 Å². The Labute approximate surface area is 126 Å². The number of aromatic nitrogens is 2. The summed E-state index contributed by atoms with van der Waals surface area (Å²) < 4.78 is 0.909. The summed E-state index contributed by atoms with van der Waals surface area (Å²) in [6.07, 6.45) is 1.04. The molecule has 0 spiro atoms. The molecule has 0 aliphatic heterocycles. The lowest BCUT2D eigenvalue weighted by Crippen LogP contribution is -2.06. The van der Waals surface area contributed by atoms with E-state index in [1.807, 2.05) is 31.2 Å². The fourth-order valence-corrected chi connectivity index (χ4v) is 2.18. The third-order valence-electron chi connectivity index (χ3n) is 2.64. The maximum Gasteiger partial charge on any atom is 0.161 e. The van der Waals surface area contributed by atoms with Crippen molar-refractivity contribution in [3.8, 4) is 11.4 Å². The van der Waals surface area contributed by atoms with Crippen molar-refractivity contribution in [2.75, 3.05) is 11.9 Å². The van der Waals surface area contributed by atoms with E-state index < -0.39 is 0 Å². The lowest BCUT2D eigenvalue weighted by Gasteiger charge is -2.10.